The molecule has 0 radical (unpaired) electrons. The third-order valence-corrected chi connectivity index (χ3v) is 9.61. The average molecular weight is 669 g/mol. The summed E-state index contributed by atoms with van der Waals surface area (Å²) >= 11 is 0. The number of hydrogen-bond donors (Lipinski definition) is 0. The van der Waals surface area contributed by atoms with Gasteiger partial charge in [0, 0.05) is 33.8 Å². The predicted molar refractivity (Wildman–Crippen MR) is 224 cm³/mol. The Hall–Kier alpha value is -6.64. The molecule has 0 saturated carbocycles. The van der Waals surface area contributed by atoms with Gasteiger partial charge in [-0.2, -0.15) is 0 Å². The molecule has 0 aliphatic rings. The van der Waals surface area contributed by atoms with E-state index in [1.54, 1.807) is 0 Å². The molecular formula is C50H40N2. The zero-order chi connectivity index (χ0) is 35.3. The lowest BCUT2D eigenvalue weighted by atomic mass is 9.99. The van der Waals surface area contributed by atoms with Crippen LogP contribution in [0.1, 0.15) is 22.3 Å². The largest absolute Gasteiger partial charge is 0.311 e. The van der Waals surface area contributed by atoms with Crippen molar-refractivity contribution in [3.8, 4) is 11.1 Å². The van der Waals surface area contributed by atoms with Gasteiger partial charge in [-0.25, -0.2) is 0 Å². The topological polar surface area (TPSA) is 6.48 Å². The smallest absolute Gasteiger partial charge is 0.0540 e. The molecule has 0 atom stereocenters. The second-order valence-corrected chi connectivity index (χ2v) is 13.2. The third kappa shape index (κ3) is 6.88. The Morgan fingerprint density at radius 2 is 0.750 bits per heavy atom. The van der Waals surface area contributed by atoms with Crippen molar-refractivity contribution in [1.29, 1.82) is 0 Å². The average Bonchev–Trinajstić information content (AvgIpc) is 3.20. The van der Waals surface area contributed by atoms with Crippen LogP contribution in [0, 0.1) is 13.8 Å². The number of anilines is 6. The maximum absolute atomic E-state index is 2.36. The number of para-hydroxylation sites is 2. The van der Waals surface area contributed by atoms with Crippen molar-refractivity contribution < 1.29 is 0 Å². The SMILES string of the molecule is Cc1ccc(N(c2ccc(C)cc2)c2ccc(C=Cc3ccc(-c4ccc(N(c5ccccc5)c5ccccc5)cc4)cc3)c3ccccc23)cc1. The molecule has 0 aliphatic carbocycles. The molecule has 0 spiro atoms. The zero-order valence-corrected chi connectivity index (χ0v) is 29.5. The lowest BCUT2D eigenvalue weighted by Crippen LogP contribution is -2.10. The first-order chi connectivity index (χ1) is 25.6. The molecule has 0 unspecified atom stereocenters. The summed E-state index contributed by atoms with van der Waals surface area (Å²) in [5.41, 5.74) is 14.1. The highest BCUT2D eigenvalue weighted by Crippen LogP contribution is 2.40. The zero-order valence-electron chi connectivity index (χ0n) is 29.5. The predicted octanol–water partition coefficient (Wildman–Crippen LogP) is 14.2. The fraction of sp³-hybridized carbons (Fsp3) is 0.0400. The maximum Gasteiger partial charge on any atom is 0.0540 e. The van der Waals surface area contributed by atoms with Crippen molar-refractivity contribution in [3.63, 3.8) is 0 Å². The van der Waals surface area contributed by atoms with Gasteiger partial charge in [0.1, 0.15) is 0 Å². The Labute approximate surface area is 307 Å². The summed E-state index contributed by atoms with van der Waals surface area (Å²) < 4.78 is 0. The molecule has 2 heteroatoms. The van der Waals surface area contributed by atoms with Crippen LogP contribution in [0.15, 0.2) is 194 Å². The van der Waals surface area contributed by atoms with Crippen LogP contribution in [-0.2, 0) is 0 Å². The van der Waals surface area contributed by atoms with Gasteiger partial charge >= 0.3 is 0 Å². The van der Waals surface area contributed by atoms with E-state index < -0.39 is 0 Å². The van der Waals surface area contributed by atoms with E-state index in [4.69, 9.17) is 0 Å². The van der Waals surface area contributed by atoms with Crippen LogP contribution < -0.4 is 9.80 Å². The van der Waals surface area contributed by atoms with E-state index in [0.29, 0.717) is 0 Å². The van der Waals surface area contributed by atoms with E-state index >= 15 is 0 Å². The molecule has 0 amide bonds. The Kier molecular flexibility index (Phi) is 9.19. The van der Waals surface area contributed by atoms with Gasteiger partial charge in [0.05, 0.1) is 5.69 Å². The van der Waals surface area contributed by atoms with Crippen LogP contribution in [0.5, 0.6) is 0 Å². The molecule has 8 aromatic carbocycles. The van der Waals surface area contributed by atoms with Crippen molar-refractivity contribution in [2.75, 3.05) is 9.80 Å². The fourth-order valence-electron chi connectivity index (χ4n) is 6.84. The van der Waals surface area contributed by atoms with Gasteiger partial charge in [-0.05, 0) is 108 Å². The van der Waals surface area contributed by atoms with Gasteiger partial charge < -0.3 is 9.80 Å². The summed E-state index contributed by atoms with van der Waals surface area (Å²) in [5.74, 6) is 0. The first-order valence-electron chi connectivity index (χ1n) is 17.8. The third-order valence-electron chi connectivity index (χ3n) is 9.61. The summed E-state index contributed by atoms with van der Waals surface area (Å²) in [7, 11) is 0. The number of nitrogens with zero attached hydrogens (tertiary/aromatic N) is 2. The highest BCUT2D eigenvalue weighted by atomic mass is 15.1. The highest BCUT2D eigenvalue weighted by molar-refractivity contribution is 6.03. The molecule has 2 nitrogen and oxygen atoms in total. The monoisotopic (exact) mass is 668 g/mol. The van der Waals surface area contributed by atoms with Gasteiger partial charge in [0.25, 0.3) is 0 Å². The van der Waals surface area contributed by atoms with Gasteiger partial charge in [-0.15, -0.1) is 0 Å². The number of hydrogen-bond acceptors (Lipinski definition) is 2. The molecule has 0 N–H and O–H groups in total. The van der Waals surface area contributed by atoms with Crippen LogP contribution in [0.2, 0.25) is 0 Å². The normalized spacial score (nSPS) is 11.2. The van der Waals surface area contributed by atoms with Crippen LogP contribution in [-0.4, -0.2) is 0 Å². The minimum Gasteiger partial charge on any atom is -0.311 e. The Morgan fingerprint density at radius 3 is 1.29 bits per heavy atom. The molecule has 250 valence electrons. The summed E-state index contributed by atoms with van der Waals surface area (Å²) in [6, 6.07) is 69.5. The standard InChI is InChI=1S/C50H40N2/c1-37-17-30-46(31-18-37)52(47-32-19-38(2)20-33-47)50-36-29-42(48-15-9-10-16-49(48)50)26-23-39-21-24-40(25-22-39)41-27-34-45(35-28-41)51(43-11-5-3-6-12-43)44-13-7-4-8-14-44/h3-36H,1-2H3. The second kappa shape index (κ2) is 14.7. The molecular weight excluding hydrogens is 629 g/mol. The van der Waals surface area contributed by atoms with E-state index in [-0.39, 0.29) is 0 Å². The van der Waals surface area contributed by atoms with Crippen molar-refractivity contribution in [3.05, 3.63) is 216 Å². The Morgan fingerprint density at radius 1 is 0.327 bits per heavy atom. The van der Waals surface area contributed by atoms with Crippen molar-refractivity contribution in [1.82, 2.24) is 0 Å². The number of aryl methyl sites for hydroxylation is 2. The van der Waals surface area contributed by atoms with Crippen LogP contribution in [0.3, 0.4) is 0 Å². The maximum atomic E-state index is 2.36. The van der Waals surface area contributed by atoms with Crippen LogP contribution in [0.4, 0.5) is 34.1 Å². The van der Waals surface area contributed by atoms with Gasteiger partial charge in [0.15, 0.2) is 0 Å². The van der Waals surface area contributed by atoms with E-state index in [2.05, 4.69) is 230 Å². The first-order valence-corrected chi connectivity index (χ1v) is 17.8. The minimum absolute atomic E-state index is 1.12. The summed E-state index contributed by atoms with van der Waals surface area (Å²) in [6.07, 6.45) is 4.45. The summed E-state index contributed by atoms with van der Waals surface area (Å²) in [4.78, 5) is 4.65. The van der Waals surface area contributed by atoms with Crippen LogP contribution in [0.25, 0.3) is 34.1 Å². The second-order valence-electron chi connectivity index (χ2n) is 13.2. The number of fused-ring (bicyclic) bond motifs is 1. The van der Waals surface area contributed by atoms with Crippen molar-refractivity contribution in [2.24, 2.45) is 0 Å². The number of benzene rings is 8. The molecule has 0 aliphatic heterocycles. The number of rotatable bonds is 9. The van der Waals surface area contributed by atoms with Gasteiger partial charge in [-0.3, -0.25) is 0 Å². The van der Waals surface area contributed by atoms with Gasteiger partial charge in [-0.1, -0.05) is 151 Å². The Balaban J connectivity index is 1.06. The molecule has 8 rings (SSSR count). The van der Waals surface area contributed by atoms with Crippen molar-refractivity contribution in [2.45, 2.75) is 13.8 Å². The van der Waals surface area contributed by atoms with E-state index in [0.717, 1.165) is 39.7 Å². The quantitative estimate of drug-likeness (QED) is 0.141. The molecule has 8 aromatic rings. The van der Waals surface area contributed by atoms with E-state index in [9.17, 15) is 0 Å². The molecule has 0 bridgehead atoms. The van der Waals surface area contributed by atoms with Crippen molar-refractivity contribution >= 4 is 57.0 Å². The molecule has 0 saturated heterocycles. The first kappa shape index (κ1) is 32.6. The molecule has 0 aromatic heterocycles. The van der Waals surface area contributed by atoms with Crippen LogP contribution >= 0.6 is 0 Å². The lowest BCUT2D eigenvalue weighted by molar-refractivity contribution is 1.28. The summed E-state index contributed by atoms with van der Waals surface area (Å²) in [6.45, 7) is 4.27. The minimum atomic E-state index is 1.12. The van der Waals surface area contributed by atoms with E-state index in [1.807, 2.05) is 0 Å². The molecule has 0 fully saturated rings. The molecule has 52 heavy (non-hydrogen) atoms. The van der Waals surface area contributed by atoms with Gasteiger partial charge in [0.2, 0.25) is 0 Å². The summed E-state index contributed by atoms with van der Waals surface area (Å²) in [5, 5.41) is 2.43. The fourth-order valence-corrected chi connectivity index (χ4v) is 6.84. The Bertz CT molecular complexity index is 2340. The lowest BCUT2D eigenvalue weighted by Gasteiger charge is -2.27. The highest BCUT2D eigenvalue weighted by Gasteiger charge is 2.16. The van der Waals surface area contributed by atoms with E-state index in [1.165, 1.54) is 38.6 Å². The molecule has 0 heterocycles.